The highest BCUT2D eigenvalue weighted by atomic mass is 19.4. The Kier molecular flexibility index (Phi) is 19.8. The second-order valence-electron chi connectivity index (χ2n) is 21.7. The number of aromatic nitrogens is 8. The molecule has 2 fully saturated rings. The van der Waals surface area contributed by atoms with E-state index >= 15 is 0 Å². The Morgan fingerprint density at radius 2 is 0.698 bits per heavy atom. The second kappa shape index (κ2) is 25.5. The van der Waals surface area contributed by atoms with E-state index in [2.05, 4.69) is 30.8 Å². The Morgan fingerprint density at radius 3 is 0.942 bits per heavy atom. The molecule has 6 aromatic rings. The summed E-state index contributed by atoms with van der Waals surface area (Å²) in [4.78, 5) is 4.42. The molecule has 0 N–H and O–H groups in total. The minimum Gasteiger partial charge on any atom is -0.374 e. The topological polar surface area (TPSA) is 112 Å². The van der Waals surface area contributed by atoms with Crippen LogP contribution in [0.1, 0.15) is 145 Å². The van der Waals surface area contributed by atoms with Crippen LogP contribution in [-0.2, 0) is 98.0 Å². The average molecular weight is 1250 g/mol. The summed E-state index contributed by atoms with van der Waals surface area (Å²) in [6, 6.07) is 8.63. The third-order valence-corrected chi connectivity index (χ3v) is 15.9. The van der Waals surface area contributed by atoms with Crippen LogP contribution >= 0.6 is 0 Å². The number of alkyl halides is 18. The Labute approximate surface area is 481 Å². The number of nitrogens with zero attached hydrogens (tertiary/aromatic N) is 10. The maximum Gasteiger partial charge on any atom is 0.416 e. The maximum absolute atomic E-state index is 13.9. The van der Waals surface area contributed by atoms with Gasteiger partial charge in [0.25, 0.3) is 11.9 Å². The first-order valence-corrected chi connectivity index (χ1v) is 26.9. The summed E-state index contributed by atoms with van der Waals surface area (Å²) in [6.45, 7) is 1.58. The number of hydrogen-bond acceptors (Lipinski definition) is 10. The van der Waals surface area contributed by atoms with E-state index in [0.717, 1.165) is 98.1 Å². The molecule has 2 heterocycles. The maximum atomic E-state index is 13.9. The van der Waals surface area contributed by atoms with E-state index in [1.54, 1.807) is 13.8 Å². The molecule has 2 saturated carbocycles. The van der Waals surface area contributed by atoms with Crippen molar-refractivity contribution in [3.8, 4) is 0 Å². The molecule has 4 aromatic carbocycles. The van der Waals surface area contributed by atoms with Crippen molar-refractivity contribution in [2.24, 2.45) is 25.9 Å². The van der Waals surface area contributed by atoms with Crippen molar-refractivity contribution < 1.29 is 88.5 Å². The standard InChI is InChI=1S/2C28H30F9N5O/c2*1-25(43-3,19-7-5-4-6-8-19)23-10-9-20(26(29,30)31)13-18(23)16-42(24-38-40-41(2)39-24)15-17-11-21(27(32,33)34)14-22(12-17)28(35,36)37/h2*9-14,19H,4-8,15-16H2,1-3H3/t2*25-/m10/s1. The Hall–Kier alpha value is -6.72. The van der Waals surface area contributed by atoms with E-state index in [1.165, 1.54) is 50.2 Å². The van der Waals surface area contributed by atoms with Crippen LogP contribution in [0.3, 0.4) is 0 Å². The first kappa shape index (κ1) is 66.8. The van der Waals surface area contributed by atoms with Crippen molar-refractivity contribution in [3.63, 3.8) is 0 Å². The second-order valence-corrected chi connectivity index (χ2v) is 21.7. The van der Waals surface area contributed by atoms with Gasteiger partial charge in [0.15, 0.2) is 0 Å². The fraction of sp³-hybridized carbons (Fsp3) is 0.536. The number of ether oxygens (including phenoxy) is 2. The van der Waals surface area contributed by atoms with Crippen molar-refractivity contribution in [1.29, 1.82) is 0 Å². The fourth-order valence-corrected chi connectivity index (χ4v) is 11.3. The van der Waals surface area contributed by atoms with Gasteiger partial charge in [0.05, 0.1) is 58.7 Å². The van der Waals surface area contributed by atoms with Crippen molar-refractivity contribution in [3.05, 3.63) is 140 Å². The molecule has 2 aliphatic carbocycles. The van der Waals surface area contributed by atoms with Gasteiger partial charge in [0.1, 0.15) is 0 Å². The predicted octanol–water partition coefficient (Wildman–Crippen LogP) is 15.8. The molecule has 472 valence electrons. The van der Waals surface area contributed by atoms with Gasteiger partial charge < -0.3 is 19.3 Å². The van der Waals surface area contributed by atoms with E-state index in [4.69, 9.17) is 9.47 Å². The van der Waals surface area contributed by atoms with Crippen LogP contribution in [0.15, 0.2) is 72.8 Å². The molecule has 0 unspecified atom stereocenters. The molecule has 12 nitrogen and oxygen atoms in total. The number of tetrazole rings is 2. The minimum atomic E-state index is -5.08. The monoisotopic (exact) mass is 1250 g/mol. The molecule has 0 amide bonds. The molecule has 86 heavy (non-hydrogen) atoms. The zero-order chi connectivity index (χ0) is 63.6. The molecule has 0 spiro atoms. The molecule has 0 saturated heterocycles. The van der Waals surface area contributed by atoms with Gasteiger partial charge in [-0.2, -0.15) is 88.6 Å². The summed E-state index contributed by atoms with van der Waals surface area (Å²) in [6.07, 6.45) is -21.0. The van der Waals surface area contributed by atoms with Crippen molar-refractivity contribution in [2.75, 3.05) is 24.0 Å². The van der Waals surface area contributed by atoms with E-state index in [-0.39, 0.29) is 47.0 Å². The van der Waals surface area contributed by atoms with Gasteiger partial charge in [0.2, 0.25) is 0 Å². The lowest BCUT2D eigenvalue weighted by Crippen LogP contribution is -2.37. The van der Waals surface area contributed by atoms with Crippen LogP contribution in [0.5, 0.6) is 0 Å². The largest absolute Gasteiger partial charge is 0.416 e. The zero-order valence-corrected chi connectivity index (χ0v) is 47.1. The molecule has 2 atom stereocenters. The van der Waals surface area contributed by atoms with Gasteiger partial charge in [-0.05, 0) is 156 Å². The summed E-state index contributed by atoms with van der Waals surface area (Å²) in [5, 5.41) is 23.2. The quantitative estimate of drug-likeness (QED) is 0.0868. The average Bonchev–Trinajstić information content (AvgIpc) is 2.90. The van der Waals surface area contributed by atoms with Crippen molar-refractivity contribution in [2.45, 2.75) is 152 Å². The minimum absolute atomic E-state index is 0.00746. The van der Waals surface area contributed by atoms with Crippen LogP contribution < -0.4 is 9.80 Å². The Balaban J connectivity index is 0.000000246. The van der Waals surface area contributed by atoms with E-state index in [1.807, 2.05) is 0 Å². The number of benzene rings is 4. The Morgan fingerprint density at radius 1 is 0.407 bits per heavy atom. The zero-order valence-electron chi connectivity index (χ0n) is 47.1. The van der Waals surface area contributed by atoms with Crippen molar-refractivity contribution >= 4 is 11.9 Å². The molecule has 8 rings (SSSR count). The molecule has 0 radical (unpaired) electrons. The number of aryl methyl sites for hydroxylation is 2. The van der Waals surface area contributed by atoms with E-state index in [9.17, 15) is 79.0 Å². The highest BCUT2D eigenvalue weighted by Gasteiger charge is 2.44. The smallest absolute Gasteiger partial charge is 0.374 e. The number of halogens is 18. The summed E-state index contributed by atoms with van der Waals surface area (Å²) >= 11 is 0. The first-order valence-electron chi connectivity index (χ1n) is 26.9. The van der Waals surface area contributed by atoms with Gasteiger partial charge >= 0.3 is 37.1 Å². The summed E-state index contributed by atoms with van der Waals surface area (Å²) in [5.74, 6) is -0.479. The van der Waals surface area contributed by atoms with Gasteiger partial charge in [0, 0.05) is 40.4 Å². The predicted molar refractivity (Wildman–Crippen MR) is 275 cm³/mol. The number of rotatable bonds is 16. The molecule has 30 heteroatoms. The highest BCUT2D eigenvalue weighted by molar-refractivity contribution is 5.45. The van der Waals surface area contributed by atoms with Crippen LogP contribution in [0.4, 0.5) is 90.9 Å². The molecule has 0 aliphatic heterocycles. The first-order chi connectivity index (χ1) is 39.8. The lowest BCUT2D eigenvalue weighted by atomic mass is 9.73. The third-order valence-electron chi connectivity index (χ3n) is 15.9. The fourth-order valence-electron chi connectivity index (χ4n) is 11.3. The highest BCUT2D eigenvalue weighted by Crippen LogP contribution is 2.47. The van der Waals surface area contributed by atoms with Crippen LogP contribution in [-0.4, -0.2) is 54.6 Å². The lowest BCUT2D eigenvalue weighted by Gasteiger charge is -2.41. The molecule has 2 aromatic heterocycles. The molecular weight excluding hydrogens is 1190 g/mol. The van der Waals surface area contributed by atoms with Crippen LogP contribution in [0.25, 0.3) is 0 Å². The van der Waals surface area contributed by atoms with Crippen LogP contribution in [0, 0.1) is 11.8 Å². The molecule has 2 aliphatic rings. The van der Waals surface area contributed by atoms with Gasteiger partial charge in [-0.1, -0.05) is 60.9 Å². The Bertz CT molecular complexity index is 2970. The summed E-state index contributed by atoms with van der Waals surface area (Å²) in [5.41, 5.74) is -9.81. The summed E-state index contributed by atoms with van der Waals surface area (Å²) in [7, 11) is 5.70. The van der Waals surface area contributed by atoms with Gasteiger partial charge in [-0.3, -0.25) is 0 Å². The number of anilines is 2. The molecular formula is C56H60F18N10O2. The van der Waals surface area contributed by atoms with Gasteiger partial charge in [-0.15, -0.1) is 10.2 Å². The van der Waals surface area contributed by atoms with Crippen molar-refractivity contribution in [1.82, 2.24) is 40.4 Å². The number of methoxy groups -OCH3 is 2. The number of hydrogen-bond donors (Lipinski definition) is 0. The van der Waals surface area contributed by atoms with Gasteiger partial charge in [-0.25, -0.2) is 0 Å². The van der Waals surface area contributed by atoms with E-state index in [0.29, 0.717) is 35.4 Å². The van der Waals surface area contributed by atoms with E-state index < -0.39 is 119 Å². The third kappa shape index (κ3) is 16.1. The molecule has 0 bridgehead atoms. The lowest BCUT2D eigenvalue weighted by molar-refractivity contribution is -0.144. The van der Waals surface area contributed by atoms with Crippen LogP contribution in [0.2, 0.25) is 0 Å². The normalized spacial score (nSPS) is 16.7. The summed E-state index contributed by atoms with van der Waals surface area (Å²) < 4.78 is 258. The SMILES string of the molecule is CO[C@@](C)(c1ccc(C(F)(F)F)cc1CN(Cc1cc(C(F)(F)F)cc(C(F)(F)F)c1)c1nnn(C)n1)C1CCCCC1.CO[C@](C)(c1ccc(C(F)(F)F)cc1CN(Cc1cc(C(F)(F)F)cc(C(F)(F)F)c1)c1nnn(C)n1)C1CCCCC1.